The van der Waals surface area contributed by atoms with Gasteiger partial charge in [-0.05, 0) is 24.6 Å². The molecule has 1 saturated heterocycles. The normalized spacial score (nSPS) is 19.1. The van der Waals surface area contributed by atoms with Crippen molar-refractivity contribution >= 4 is 50.9 Å². The first kappa shape index (κ1) is 16.7. The van der Waals surface area contributed by atoms with Gasteiger partial charge in [0.1, 0.15) is 5.25 Å². The molecule has 1 aromatic carbocycles. The van der Waals surface area contributed by atoms with E-state index in [9.17, 15) is 9.59 Å². The minimum atomic E-state index is -0.460. The monoisotopic (exact) mass is 360 g/mol. The average Bonchev–Trinajstić information content (AvgIpc) is 3.13. The van der Waals surface area contributed by atoms with E-state index in [1.807, 2.05) is 36.6 Å². The Balaban J connectivity index is 1.65. The van der Waals surface area contributed by atoms with E-state index in [1.165, 1.54) is 28.0 Å². The number of nitrogens with one attached hydrogen (secondary N) is 1. The smallest absolute Gasteiger partial charge is 0.242 e. The third-order valence-corrected chi connectivity index (χ3v) is 5.32. The number of amides is 2. The molecule has 1 N–H and O–H groups in total. The van der Waals surface area contributed by atoms with Gasteiger partial charge in [-0.2, -0.15) is 4.99 Å². The van der Waals surface area contributed by atoms with E-state index in [-0.39, 0.29) is 18.2 Å². The number of amidine groups is 1. The summed E-state index contributed by atoms with van der Waals surface area (Å²) in [6, 6.07) is 7.56. The molecule has 1 aliphatic rings. The van der Waals surface area contributed by atoms with Gasteiger partial charge in [-0.1, -0.05) is 23.9 Å². The van der Waals surface area contributed by atoms with Crippen LogP contribution in [-0.4, -0.2) is 39.2 Å². The lowest BCUT2D eigenvalue weighted by atomic mass is 10.2. The Bertz CT molecular complexity index is 789. The predicted molar refractivity (Wildman–Crippen MR) is 97.8 cm³/mol. The highest BCUT2D eigenvalue weighted by Crippen LogP contribution is 2.31. The molecule has 1 aliphatic heterocycles. The highest BCUT2D eigenvalue weighted by atomic mass is 32.2. The Morgan fingerprint density at radius 1 is 1.46 bits per heavy atom. The first-order valence-electron chi connectivity index (χ1n) is 7.32. The molecule has 0 saturated carbocycles. The summed E-state index contributed by atoms with van der Waals surface area (Å²) in [7, 11) is 1.67. The van der Waals surface area contributed by atoms with E-state index in [2.05, 4.69) is 15.3 Å². The molecule has 6 nitrogen and oxygen atoms in total. The number of hydrogen-bond donors (Lipinski definition) is 1. The molecule has 1 fully saturated rings. The largest absolute Gasteiger partial charge is 0.326 e. The van der Waals surface area contributed by atoms with Gasteiger partial charge in [0.15, 0.2) is 5.17 Å². The zero-order chi connectivity index (χ0) is 17.1. The molecule has 24 heavy (non-hydrogen) atoms. The molecule has 3 rings (SSSR count). The van der Waals surface area contributed by atoms with Crippen molar-refractivity contribution in [3.63, 3.8) is 0 Å². The Morgan fingerprint density at radius 3 is 3.00 bits per heavy atom. The Hall–Kier alpha value is -2.19. The first-order valence-corrected chi connectivity index (χ1v) is 9.08. The molecule has 124 valence electrons. The van der Waals surface area contributed by atoms with E-state index in [4.69, 9.17) is 0 Å². The van der Waals surface area contributed by atoms with Crippen molar-refractivity contribution in [2.75, 3.05) is 12.4 Å². The number of thioether (sulfide) groups is 1. The van der Waals surface area contributed by atoms with Crippen molar-refractivity contribution in [1.82, 2.24) is 9.88 Å². The molecule has 0 unspecified atom stereocenters. The number of carbonyl (C=O) groups is 2. The van der Waals surface area contributed by atoms with Crippen LogP contribution in [0.15, 0.2) is 40.8 Å². The molecule has 2 aromatic rings. The number of nitrogens with zero attached hydrogens (tertiary/aromatic N) is 3. The molecule has 1 atom stereocenters. The molecule has 1 aromatic heterocycles. The average molecular weight is 360 g/mol. The second-order valence-corrected chi connectivity index (χ2v) is 7.38. The lowest BCUT2D eigenvalue weighted by molar-refractivity contribution is -0.127. The van der Waals surface area contributed by atoms with Crippen LogP contribution >= 0.6 is 23.1 Å². The van der Waals surface area contributed by atoms with Crippen molar-refractivity contribution in [3.05, 3.63) is 41.4 Å². The van der Waals surface area contributed by atoms with E-state index < -0.39 is 5.25 Å². The maximum atomic E-state index is 12.3. The highest BCUT2D eigenvalue weighted by molar-refractivity contribution is 8.15. The quantitative estimate of drug-likeness (QED) is 0.909. The molecule has 8 heteroatoms. The first-order chi connectivity index (χ1) is 11.5. The van der Waals surface area contributed by atoms with Gasteiger partial charge in [0.05, 0.1) is 0 Å². The number of anilines is 1. The topological polar surface area (TPSA) is 74.7 Å². The molecule has 0 radical (unpaired) electrons. The molecule has 0 spiro atoms. The third kappa shape index (κ3) is 3.82. The zero-order valence-electron chi connectivity index (χ0n) is 13.2. The van der Waals surface area contributed by atoms with Gasteiger partial charge < -0.3 is 5.32 Å². The third-order valence-electron chi connectivity index (χ3n) is 3.42. The fourth-order valence-electron chi connectivity index (χ4n) is 2.25. The lowest BCUT2D eigenvalue weighted by Gasteiger charge is -2.09. The van der Waals surface area contributed by atoms with Crippen LogP contribution in [0.2, 0.25) is 0 Å². The molecular weight excluding hydrogens is 344 g/mol. The van der Waals surface area contributed by atoms with Crippen molar-refractivity contribution in [2.24, 2.45) is 4.99 Å². The van der Waals surface area contributed by atoms with Crippen molar-refractivity contribution in [2.45, 2.75) is 18.6 Å². The molecular formula is C16H16N4O2S2. The number of aromatic nitrogens is 1. The summed E-state index contributed by atoms with van der Waals surface area (Å²) >= 11 is 2.70. The van der Waals surface area contributed by atoms with Crippen LogP contribution in [0.5, 0.6) is 0 Å². The van der Waals surface area contributed by atoms with E-state index in [0.29, 0.717) is 10.3 Å². The van der Waals surface area contributed by atoms with Crippen LogP contribution in [0.1, 0.15) is 12.0 Å². The van der Waals surface area contributed by atoms with Crippen LogP contribution < -0.4 is 5.32 Å². The van der Waals surface area contributed by atoms with E-state index in [0.717, 1.165) is 11.3 Å². The standard InChI is InChI=1S/C16H16N4O2S2/c1-10-4-3-5-11(8-10)18-13(21)9-12-14(22)20(2)16(24-12)19-15-17-6-7-23-15/h3-8,12H,9H2,1-2H3,(H,18,21)/t12-/m0/s1. The van der Waals surface area contributed by atoms with Crippen LogP contribution in [0.3, 0.4) is 0 Å². The van der Waals surface area contributed by atoms with Gasteiger partial charge >= 0.3 is 0 Å². The number of aryl methyl sites for hydroxylation is 1. The highest BCUT2D eigenvalue weighted by Gasteiger charge is 2.37. The number of thiazole rings is 1. The second kappa shape index (κ2) is 7.14. The van der Waals surface area contributed by atoms with Gasteiger partial charge in [-0.25, -0.2) is 4.98 Å². The van der Waals surface area contributed by atoms with Gasteiger partial charge in [0, 0.05) is 30.7 Å². The van der Waals surface area contributed by atoms with E-state index >= 15 is 0 Å². The summed E-state index contributed by atoms with van der Waals surface area (Å²) in [4.78, 5) is 34.5. The molecule has 2 amide bonds. The van der Waals surface area contributed by atoms with Crippen LogP contribution in [0.25, 0.3) is 0 Å². The number of carbonyl (C=O) groups excluding carboxylic acids is 2. The maximum absolute atomic E-state index is 12.3. The zero-order valence-corrected chi connectivity index (χ0v) is 14.9. The Kier molecular flexibility index (Phi) is 4.96. The number of benzene rings is 1. The van der Waals surface area contributed by atoms with Gasteiger partial charge in [0.25, 0.3) is 0 Å². The summed E-state index contributed by atoms with van der Waals surface area (Å²) in [5, 5.41) is 5.37. The lowest BCUT2D eigenvalue weighted by Crippen LogP contribution is -2.30. The summed E-state index contributed by atoms with van der Waals surface area (Å²) < 4.78 is 0. The Labute approximate surface area is 148 Å². The maximum Gasteiger partial charge on any atom is 0.242 e. The molecule has 0 aliphatic carbocycles. The summed E-state index contributed by atoms with van der Waals surface area (Å²) in [6.45, 7) is 1.96. The van der Waals surface area contributed by atoms with Crippen molar-refractivity contribution < 1.29 is 9.59 Å². The minimum Gasteiger partial charge on any atom is -0.326 e. The van der Waals surface area contributed by atoms with Crippen LogP contribution in [-0.2, 0) is 9.59 Å². The summed E-state index contributed by atoms with van der Waals surface area (Å²) in [5.74, 6) is -0.301. The second-order valence-electron chi connectivity index (χ2n) is 5.33. The van der Waals surface area contributed by atoms with E-state index in [1.54, 1.807) is 13.2 Å². The fraction of sp³-hybridized carbons (Fsp3) is 0.250. The SMILES string of the molecule is Cc1cccc(NC(=O)C[C@@H]2SC(=Nc3nccs3)N(C)C2=O)c1. The number of rotatable bonds is 4. The number of aliphatic imine (C=N–C) groups is 1. The molecule has 2 heterocycles. The molecule has 0 bridgehead atoms. The van der Waals surface area contributed by atoms with Crippen LogP contribution in [0.4, 0.5) is 10.8 Å². The predicted octanol–water partition coefficient (Wildman–Crippen LogP) is 3.04. The van der Waals surface area contributed by atoms with Crippen molar-refractivity contribution in [3.8, 4) is 0 Å². The van der Waals surface area contributed by atoms with Crippen molar-refractivity contribution in [1.29, 1.82) is 0 Å². The van der Waals surface area contributed by atoms with Gasteiger partial charge in [-0.3, -0.25) is 14.5 Å². The summed E-state index contributed by atoms with van der Waals surface area (Å²) in [5.41, 5.74) is 1.80. The Morgan fingerprint density at radius 2 is 2.29 bits per heavy atom. The minimum absolute atomic E-state index is 0.110. The fourth-order valence-corrected chi connectivity index (χ4v) is 3.95. The van der Waals surface area contributed by atoms with Gasteiger partial charge in [-0.15, -0.1) is 11.3 Å². The van der Waals surface area contributed by atoms with Crippen LogP contribution in [0, 0.1) is 6.92 Å². The summed E-state index contributed by atoms with van der Waals surface area (Å²) in [6.07, 6.45) is 1.77. The number of hydrogen-bond acceptors (Lipinski definition) is 6. The van der Waals surface area contributed by atoms with Gasteiger partial charge in [0.2, 0.25) is 16.9 Å².